The number of unbranched alkanes of at least 4 members (excludes halogenated alkanes) is 1. The monoisotopic (exact) mass is 530 g/mol. The predicted octanol–water partition coefficient (Wildman–Crippen LogP) is 10.8. The lowest BCUT2D eigenvalue weighted by Crippen LogP contribution is -2.29. The van der Waals surface area contributed by atoms with Crippen molar-refractivity contribution in [3.8, 4) is 0 Å². The molecule has 3 aromatic carbocycles. The van der Waals surface area contributed by atoms with Gasteiger partial charge >= 0.3 is 0 Å². The molecule has 0 N–H and O–H groups in total. The van der Waals surface area contributed by atoms with Gasteiger partial charge in [-0.1, -0.05) is 100 Å². The van der Waals surface area contributed by atoms with Gasteiger partial charge in [0.05, 0.1) is 0 Å². The molecule has 2 aliphatic rings. The SMILES string of the molecule is CCCCc1ccc2oc3ccc(/C(=C/C=C\Cc4cccc5c4C4(C)C=CC=CC4S5)CCC)cc3c2c1. The molecule has 1 nitrogen and oxygen atoms in total. The molecule has 1 aliphatic heterocycles. The van der Waals surface area contributed by atoms with Gasteiger partial charge in [0.25, 0.3) is 0 Å². The van der Waals surface area contributed by atoms with Gasteiger partial charge in [0, 0.05) is 26.3 Å². The summed E-state index contributed by atoms with van der Waals surface area (Å²) in [6.45, 7) is 6.91. The number of benzene rings is 3. The Morgan fingerprint density at radius 1 is 0.974 bits per heavy atom. The molecule has 0 saturated carbocycles. The molecular weight excluding hydrogens is 492 g/mol. The lowest BCUT2D eigenvalue weighted by molar-refractivity contribution is 0.613. The first-order valence-electron chi connectivity index (χ1n) is 14.6. The standard InChI is InChI=1S/C37H38OS/c1-4-6-13-26-19-21-32-30(24-26)31-25-29(20-22-33(31)38-32)27(12-5-2)14-7-8-15-28-16-11-17-34-36(28)37(3)23-10-9-18-35(37)39-34/h7-11,14,16-25,35H,4-6,12-13,15H2,1-3H3/b8-7-,27-14+. The normalized spacial score (nSPS) is 20.4. The Hall–Kier alpha value is -3.23. The zero-order chi connectivity index (χ0) is 26.8. The van der Waals surface area contributed by atoms with Gasteiger partial charge in [0.2, 0.25) is 0 Å². The molecule has 6 rings (SSSR count). The highest BCUT2D eigenvalue weighted by Gasteiger charge is 2.42. The van der Waals surface area contributed by atoms with E-state index in [2.05, 4.69) is 118 Å². The van der Waals surface area contributed by atoms with E-state index < -0.39 is 0 Å². The number of fused-ring (bicyclic) bond motifs is 6. The van der Waals surface area contributed by atoms with Crippen LogP contribution in [0.3, 0.4) is 0 Å². The molecule has 0 fully saturated rings. The van der Waals surface area contributed by atoms with E-state index in [1.807, 2.05) is 11.8 Å². The molecule has 198 valence electrons. The van der Waals surface area contributed by atoms with Crippen LogP contribution >= 0.6 is 11.8 Å². The van der Waals surface area contributed by atoms with Gasteiger partial charge in [0.15, 0.2) is 0 Å². The first-order valence-corrected chi connectivity index (χ1v) is 15.4. The number of hydrogen-bond acceptors (Lipinski definition) is 2. The van der Waals surface area contributed by atoms with E-state index in [4.69, 9.17) is 4.42 Å². The van der Waals surface area contributed by atoms with Crippen molar-refractivity contribution in [2.45, 2.75) is 74.9 Å². The molecule has 2 heterocycles. The maximum atomic E-state index is 6.19. The number of thioether (sulfide) groups is 1. The molecule has 0 spiro atoms. The zero-order valence-corrected chi connectivity index (χ0v) is 24.2. The van der Waals surface area contributed by atoms with Crippen molar-refractivity contribution in [2.24, 2.45) is 0 Å². The molecule has 0 radical (unpaired) electrons. The summed E-state index contributed by atoms with van der Waals surface area (Å²) in [5.74, 6) is 0. The Morgan fingerprint density at radius 2 is 1.82 bits per heavy atom. The summed E-state index contributed by atoms with van der Waals surface area (Å²) < 4.78 is 6.19. The van der Waals surface area contributed by atoms with Gasteiger partial charge in [-0.15, -0.1) is 11.8 Å². The van der Waals surface area contributed by atoms with Crippen LogP contribution in [0.25, 0.3) is 27.5 Å². The second kappa shape index (κ2) is 11.1. The predicted molar refractivity (Wildman–Crippen MR) is 170 cm³/mol. The molecule has 2 unspecified atom stereocenters. The molecule has 0 saturated heterocycles. The van der Waals surface area contributed by atoms with Crippen LogP contribution in [-0.2, 0) is 18.3 Å². The minimum absolute atomic E-state index is 0.0849. The number of hydrogen-bond donors (Lipinski definition) is 0. The van der Waals surface area contributed by atoms with Crippen molar-refractivity contribution in [2.75, 3.05) is 0 Å². The molecule has 0 bridgehead atoms. The average Bonchev–Trinajstić information content (AvgIpc) is 3.47. The molecule has 2 atom stereocenters. The third-order valence-corrected chi connectivity index (χ3v) is 9.84. The van der Waals surface area contributed by atoms with Gasteiger partial charge in [-0.05, 0) is 83.8 Å². The number of furan rings is 1. The van der Waals surface area contributed by atoms with Crippen LogP contribution in [0.4, 0.5) is 0 Å². The number of allylic oxidation sites excluding steroid dienone is 7. The van der Waals surface area contributed by atoms with Crippen molar-refractivity contribution in [3.05, 3.63) is 119 Å². The van der Waals surface area contributed by atoms with Crippen molar-refractivity contribution < 1.29 is 4.42 Å². The van der Waals surface area contributed by atoms with Crippen LogP contribution in [0.1, 0.15) is 68.7 Å². The summed E-state index contributed by atoms with van der Waals surface area (Å²) in [5, 5.41) is 2.96. The van der Waals surface area contributed by atoms with Gasteiger partial charge in [-0.2, -0.15) is 0 Å². The first-order chi connectivity index (χ1) is 19.1. The summed E-state index contributed by atoms with van der Waals surface area (Å²) in [6, 6.07) is 20.2. The smallest absolute Gasteiger partial charge is 0.135 e. The lowest BCUT2D eigenvalue weighted by atomic mass is 9.75. The topological polar surface area (TPSA) is 13.1 Å². The van der Waals surface area contributed by atoms with Crippen LogP contribution in [0.15, 0.2) is 106 Å². The minimum Gasteiger partial charge on any atom is -0.456 e. The second-order valence-electron chi connectivity index (χ2n) is 11.2. The van der Waals surface area contributed by atoms with E-state index in [1.165, 1.54) is 56.3 Å². The molecule has 0 amide bonds. The summed E-state index contributed by atoms with van der Waals surface area (Å²) in [6.07, 6.45) is 22.8. The van der Waals surface area contributed by atoms with E-state index >= 15 is 0 Å². The first kappa shape index (κ1) is 26.0. The van der Waals surface area contributed by atoms with Crippen LogP contribution in [-0.4, -0.2) is 5.25 Å². The van der Waals surface area contributed by atoms with E-state index in [9.17, 15) is 0 Å². The third kappa shape index (κ3) is 4.96. The highest BCUT2D eigenvalue weighted by molar-refractivity contribution is 8.00. The Balaban J connectivity index is 1.27. The fourth-order valence-electron chi connectivity index (χ4n) is 6.23. The Morgan fingerprint density at radius 3 is 2.67 bits per heavy atom. The Bertz CT molecular complexity index is 1630. The largest absolute Gasteiger partial charge is 0.456 e. The van der Waals surface area contributed by atoms with Crippen LogP contribution < -0.4 is 0 Å². The molecule has 4 aromatic rings. The van der Waals surface area contributed by atoms with Crippen molar-refractivity contribution in [3.63, 3.8) is 0 Å². The maximum absolute atomic E-state index is 6.19. The number of rotatable bonds is 9. The van der Waals surface area contributed by atoms with Crippen molar-refractivity contribution in [1.29, 1.82) is 0 Å². The average molecular weight is 531 g/mol. The van der Waals surface area contributed by atoms with Gasteiger partial charge < -0.3 is 4.42 Å². The second-order valence-corrected chi connectivity index (χ2v) is 12.4. The fraction of sp³-hybridized carbons (Fsp3) is 0.297. The summed E-state index contributed by atoms with van der Waals surface area (Å²) >= 11 is 2.01. The minimum atomic E-state index is 0.0849. The van der Waals surface area contributed by atoms with Crippen molar-refractivity contribution >= 4 is 39.3 Å². The quantitative estimate of drug-likeness (QED) is 0.200. The van der Waals surface area contributed by atoms with Crippen LogP contribution in [0.2, 0.25) is 0 Å². The van der Waals surface area contributed by atoms with Crippen molar-refractivity contribution in [1.82, 2.24) is 0 Å². The van der Waals surface area contributed by atoms with Gasteiger partial charge in [-0.3, -0.25) is 0 Å². The van der Waals surface area contributed by atoms with Gasteiger partial charge in [-0.25, -0.2) is 0 Å². The number of aryl methyl sites for hydroxylation is 1. The Labute approximate surface area is 237 Å². The van der Waals surface area contributed by atoms with Crippen LogP contribution in [0.5, 0.6) is 0 Å². The Kier molecular flexibility index (Phi) is 7.40. The van der Waals surface area contributed by atoms with Crippen LogP contribution in [0, 0.1) is 0 Å². The van der Waals surface area contributed by atoms with E-state index in [0.717, 1.165) is 36.8 Å². The third-order valence-electron chi connectivity index (χ3n) is 8.35. The zero-order valence-electron chi connectivity index (χ0n) is 23.4. The molecule has 1 aliphatic carbocycles. The van der Waals surface area contributed by atoms with E-state index in [0.29, 0.717) is 5.25 Å². The summed E-state index contributed by atoms with van der Waals surface area (Å²) in [7, 11) is 0. The molecule has 2 heteroatoms. The van der Waals surface area contributed by atoms with Gasteiger partial charge in [0.1, 0.15) is 11.2 Å². The maximum Gasteiger partial charge on any atom is 0.135 e. The lowest BCUT2D eigenvalue weighted by Gasteiger charge is -2.30. The summed E-state index contributed by atoms with van der Waals surface area (Å²) in [4.78, 5) is 1.44. The fourth-order valence-corrected chi connectivity index (χ4v) is 7.74. The summed E-state index contributed by atoms with van der Waals surface area (Å²) in [5.41, 5.74) is 9.07. The molecule has 39 heavy (non-hydrogen) atoms. The molecular formula is C37H38OS. The van der Waals surface area contributed by atoms with E-state index in [1.54, 1.807) is 0 Å². The molecule has 1 aromatic heterocycles. The van der Waals surface area contributed by atoms with E-state index in [-0.39, 0.29) is 5.41 Å². The highest BCUT2D eigenvalue weighted by Crippen LogP contribution is 2.53. The highest BCUT2D eigenvalue weighted by atomic mass is 32.2.